The zero-order valence-corrected chi connectivity index (χ0v) is 13.3. The van der Waals surface area contributed by atoms with E-state index in [-0.39, 0.29) is 5.56 Å². The third-order valence-electron chi connectivity index (χ3n) is 3.30. The molecule has 0 atom stereocenters. The average Bonchev–Trinajstić information content (AvgIpc) is 2.53. The Morgan fingerprint density at radius 1 is 1.22 bits per heavy atom. The predicted molar refractivity (Wildman–Crippen MR) is 86.8 cm³/mol. The Morgan fingerprint density at radius 3 is 2.57 bits per heavy atom. The highest BCUT2D eigenvalue weighted by Gasteiger charge is 2.10. The second-order valence-corrected chi connectivity index (χ2v) is 4.94. The van der Waals surface area contributed by atoms with E-state index < -0.39 is 0 Å². The highest BCUT2D eigenvalue weighted by Crippen LogP contribution is 2.33. The van der Waals surface area contributed by atoms with Crippen LogP contribution in [0.4, 0.5) is 11.6 Å². The van der Waals surface area contributed by atoms with Gasteiger partial charge in [-0.1, -0.05) is 0 Å². The minimum atomic E-state index is -0.276. The van der Waals surface area contributed by atoms with Crippen molar-refractivity contribution in [2.24, 2.45) is 0 Å². The summed E-state index contributed by atoms with van der Waals surface area (Å²) in [4.78, 5) is 29.1. The topological polar surface area (TPSA) is 93.3 Å². The van der Waals surface area contributed by atoms with Crippen molar-refractivity contribution < 1.29 is 14.3 Å². The fourth-order valence-electron chi connectivity index (χ4n) is 2.14. The van der Waals surface area contributed by atoms with E-state index in [1.807, 2.05) is 13.0 Å². The molecule has 2 rings (SSSR count). The molecule has 0 bridgehead atoms. The zero-order valence-electron chi connectivity index (χ0n) is 13.3. The standard InChI is InChI=1S/C16H19N3O4/c1-10-7-13(22-2)14(23-3)9-12(10)18-16-17-11(5-4-6-20)8-15(21)19-16/h6-9H,4-5H2,1-3H3,(H2,17,18,19,21). The quantitative estimate of drug-likeness (QED) is 0.758. The lowest BCUT2D eigenvalue weighted by Gasteiger charge is -2.14. The third kappa shape index (κ3) is 4.09. The molecule has 0 radical (unpaired) electrons. The van der Waals surface area contributed by atoms with E-state index in [9.17, 15) is 9.59 Å². The van der Waals surface area contributed by atoms with E-state index in [1.54, 1.807) is 20.3 Å². The minimum Gasteiger partial charge on any atom is -0.493 e. The number of methoxy groups -OCH3 is 2. The van der Waals surface area contributed by atoms with Gasteiger partial charge < -0.3 is 19.6 Å². The highest BCUT2D eigenvalue weighted by atomic mass is 16.5. The Hall–Kier alpha value is -2.83. The van der Waals surface area contributed by atoms with Gasteiger partial charge in [0.1, 0.15) is 6.29 Å². The second kappa shape index (κ2) is 7.44. The summed E-state index contributed by atoms with van der Waals surface area (Å²) < 4.78 is 10.5. The van der Waals surface area contributed by atoms with E-state index in [4.69, 9.17) is 9.47 Å². The summed E-state index contributed by atoms with van der Waals surface area (Å²) in [5, 5.41) is 3.07. The fourth-order valence-corrected chi connectivity index (χ4v) is 2.14. The molecule has 0 aliphatic rings. The van der Waals surface area contributed by atoms with Crippen molar-refractivity contribution in [1.29, 1.82) is 0 Å². The molecule has 122 valence electrons. The van der Waals surface area contributed by atoms with Gasteiger partial charge in [0, 0.05) is 24.2 Å². The molecule has 2 N–H and O–H groups in total. The second-order valence-electron chi connectivity index (χ2n) is 4.94. The first kappa shape index (κ1) is 16.5. The lowest BCUT2D eigenvalue weighted by Crippen LogP contribution is -2.12. The van der Waals surface area contributed by atoms with Gasteiger partial charge in [0.15, 0.2) is 11.5 Å². The highest BCUT2D eigenvalue weighted by molar-refractivity contribution is 5.64. The lowest BCUT2D eigenvalue weighted by molar-refractivity contribution is -0.107. The summed E-state index contributed by atoms with van der Waals surface area (Å²) in [6, 6.07) is 4.98. The van der Waals surface area contributed by atoms with Crippen molar-refractivity contribution in [3.05, 3.63) is 39.8 Å². The summed E-state index contributed by atoms with van der Waals surface area (Å²) in [5.74, 6) is 1.51. The van der Waals surface area contributed by atoms with Crippen LogP contribution in [0.1, 0.15) is 17.7 Å². The maximum atomic E-state index is 11.7. The van der Waals surface area contributed by atoms with Crippen LogP contribution in [-0.4, -0.2) is 30.5 Å². The van der Waals surface area contributed by atoms with E-state index >= 15 is 0 Å². The van der Waals surface area contributed by atoms with Gasteiger partial charge in [-0.05, 0) is 25.0 Å². The van der Waals surface area contributed by atoms with Crippen molar-refractivity contribution in [1.82, 2.24) is 9.97 Å². The van der Waals surface area contributed by atoms with Crippen molar-refractivity contribution in [2.75, 3.05) is 19.5 Å². The molecule has 0 saturated heterocycles. The molecule has 0 fully saturated rings. The van der Waals surface area contributed by atoms with Crippen molar-refractivity contribution in [3.8, 4) is 11.5 Å². The lowest BCUT2D eigenvalue weighted by atomic mass is 10.1. The molecule has 0 unspecified atom stereocenters. The number of hydrogen-bond donors (Lipinski definition) is 2. The van der Waals surface area contributed by atoms with Crippen LogP contribution in [0, 0.1) is 6.92 Å². The molecule has 0 aliphatic heterocycles. The molecule has 7 heteroatoms. The number of carbonyl (C=O) groups is 1. The minimum absolute atomic E-state index is 0.276. The monoisotopic (exact) mass is 317 g/mol. The predicted octanol–water partition coefficient (Wildman–Crippen LogP) is 1.97. The molecule has 1 aromatic carbocycles. The van der Waals surface area contributed by atoms with Crippen molar-refractivity contribution in [2.45, 2.75) is 19.8 Å². The van der Waals surface area contributed by atoms with Gasteiger partial charge >= 0.3 is 0 Å². The Morgan fingerprint density at radius 2 is 1.91 bits per heavy atom. The van der Waals surface area contributed by atoms with Crippen molar-refractivity contribution >= 4 is 17.9 Å². The van der Waals surface area contributed by atoms with Gasteiger partial charge in [-0.2, -0.15) is 0 Å². The number of rotatable bonds is 7. The molecule has 0 amide bonds. The molecule has 7 nitrogen and oxygen atoms in total. The maximum Gasteiger partial charge on any atom is 0.252 e. The van der Waals surface area contributed by atoms with E-state index in [0.29, 0.717) is 36.0 Å². The number of benzene rings is 1. The van der Waals surface area contributed by atoms with Crippen LogP contribution in [-0.2, 0) is 11.2 Å². The maximum absolute atomic E-state index is 11.7. The van der Waals surface area contributed by atoms with E-state index in [0.717, 1.165) is 17.5 Å². The number of ether oxygens (including phenoxy) is 2. The largest absolute Gasteiger partial charge is 0.493 e. The summed E-state index contributed by atoms with van der Waals surface area (Å²) in [7, 11) is 3.12. The molecule has 23 heavy (non-hydrogen) atoms. The molecular formula is C16H19N3O4. The van der Waals surface area contributed by atoms with E-state index in [1.165, 1.54) is 6.07 Å². The number of aryl methyl sites for hydroxylation is 2. The summed E-state index contributed by atoms with van der Waals surface area (Å²) in [6.45, 7) is 1.90. The van der Waals surface area contributed by atoms with Crippen LogP contribution in [0.5, 0.6) is 11.5 Å². The SMILES string of the molecule is COc1cc(C)c(Nc2nc(CCC=O)cc(=O)[nH]2)cc1OC. The van der Waals surface area contributed by atoms with Crippen LogP contribution < -0.4 is 20.3 Å². The number of aldehydes is 1. The number of aromatic amines is 1. The number of hydrogen-bond acceptors (Lipinski definition) is 6. The molecule has 0 spiro atoms. The van der Waals surface area contributed by atoms with Crippen LogP contribution in [0.15, 0.2) is 23.0 Å². The summed E-state index contributed by atoms with van der Waals surface area (Å²) in [6.07, 6.45) is 1.55. The third-order valence-corrected chi connectivity index (χ3v) is 3.30. The van der Waals surface area contributed by atoms with Gasteiger partial charge in [0.25, 0.3) is 5.56 Å². The van der Waals surface area contributed by atoms with Crippen LogP contribution in [0.3, 0.4) is 0 Å². The first-order chi connectivity index (χ1) is 11.1. The first-order valence-corrected chi connectivity index (χ1v) is 7.11. The van der Waals surface area contributed by atoms with Crippen LogP contribution in [0.25, 0.3) is 0 Å². The Kier molecular flexibility index (Phi) is 5.35. The van der Waals surface area contributed by atoms with Crippen molar-refractivity contribution in [3.63, 3.8) is 0 Å². The molecule has 2 aromatic rings. The number of H-pyrrole nitrogens is 1. The van der Waals surface area contributed by atoms with Gasteiger partial charge in [0.05, 0.1) is 19.9 Å². The molecule has 0 saturated carbocycles. The van der Waals surface area contributed by atoms with E-state index in [2.05, 4.69) is 15.3 Å². The smallest absolute Gasteiger partial charge is 0.252 e. The number of nitrogens with zero attached hydrogens (tertiary/aromatic N) is 1. The summed E-state index contributed by atoms with van der Waals surface area (Å²) in [5.41, 5.74) is 1.92. The Labute approximate surface area is 133 Å². The number of carbonyl (C=O) groups excluding carboxylic acids is 1. The van der Waals surface area contributed by atoms with Gasteiger partial charge in [-0.15, -0.1) is 0 Å². The Balaban J connectivity index is 2.33. The molecule has 1 heterocycles. The normalized spacial score (nSPS) is 10.2. The molecular weight excluding hydrogens is 298 g/mol. The molecule has 1 aromatic heterocycles. The van der Waals surface area contributed by atoms with Gasteiger partial charge in [-0.3, -0.25) is 9.78 Å². The fraction of sp³-hybridized carbons (Fsp3) is 0.312. The zero-order chi connectivity index (χ0) is 16.8. The Bertz CT molecular complexity index is 755. The number of nitrogens with one attached hydrogen (secondary N) is 2. The van der Waals surface area contributed by atoms with Gasteiger partial charge in [-0.25, -0.2) is 4.98 Å². The number of anilines is 2. The summed E-state index contributed by atoms with van der Waals surface area (Å²) >= 11 is 0. The average molecular weight is 317 g/mol. The van der Waals surface area contributed by atoms with Crippen LogP contribution >= 0.6 is 0 Å². The molecule has 0 aliphatic carbocycles. The first-order valence-electron chi connectivity index (χ1n) is 7.11. The number of aromatic nitrogens is 2. The van der Waals surface area contributed by atoms with Crippen LogP contribution in [0.2, 0.25) is 0 Å². The van der Waals surface area contributed by atoms with Gasteiger partial charge in [0.2, 0.25) is 5.95 Å².